The first kappa shape index (κ1) is 17.8. The van der Waals surface area contributed by atoms with Crippen molar-refractivity contribution in [1.29, 1.82) is 0 Å². The van der Waals surface area contributed by atoms with Crippen molar-refractivity contribution in [2.45, 2.75) is 30.1 Å². The highest BCUT2D eigenvalue weighted by Gasteiger charge is 2.29. The molecule has 1 N–H and O–H groups in total. The fraction of sp³-hybridized carbons (Fsp3) is 0.286. The topological polar surface area (TPSA) is 68.0 Å². The van der Waals surface area contributed by atoms with Gasteiger partial charge in [0.15, 0.2) is 5.82 Å². The molecule has 0 saturated heterocycles. The molecule has 27 heavy (non-hydrogen) atoms. The van der Waals surface area contributed by atoms with Crippen molar-refractivity contribution in [2.75, 3.05) is 12.8 Å². The molecule has 1 saturated carbocycles. The quantitative estimate of drug-likeness (QED) is 0.620. The Morgan fingerprint density at radius 1 is 1.19 bits per heavy atom. The third kappa shape index (κ3) is 4.22. The maximum atomic E-state index is 12.3. The zero-order chi connectivity index (χ0) is 18.6. The van der Waals surface area contributed by atoms with Crippen molar-refractivity contribution >= 4 is 17.7 Å². The Balaban J connectivity index is 1.34. The number of rotatable bonds is 7. The van der Waals surface area contributed by atoms with E-state index < -0.39 is 0 Å². The fourth-order valence-electron chi connectivity index (χ4n) is 2.94. The number of nitrogens with zero attached hydrogens (tertiary/aromatic N) is 2. The van der Waals surface area contributed by atoms with Crippen LogP contribution in [0.25, 0.3) is 11.1 Å². The van der Waals surface area contributed by atoms with Gasteiger partial charge in [-0.05, 0) is 48.4 Å². The average Bonchev–Trinajstić information content (AvgIpc) is 3.46. The summed E-state index contributed by atoms with van der Waals surface area (Å²) < 4.78 is 5.23. The zero-order valence-corrected chi connectivity index (χ0v) is 16.0. The molecular weight excluding hydrogens is 358 g/mol. The highest BCUT2D eigenvalue weighted by atomic mass is 32.2. The van der Waals surface area contributed by atoms with Gasteiger partial charge in [0.2, 0.25) is 5.89 Å². The molecule has 138 valence electrons. The van der Waals surface area contributed by atoms with E-state index in [2.05, 4.69) is 33.8 Å². The van der Waals surface area contributed by atoms with Crippen molar-refractivity contribution in [2.24, 2.45) is 0 Å². The molecule has 0 bridgehead atoms. The molecule has 0 aliphatic heterocycles. The van der Waals surface area contributed by atoms with E-state index in [0.717, 1.165) is 24.3 Å². The second kappa shape index (κ2) is 7.96. The van der Waals surface area contributed by atoms with Gasteiger partial charge in [0, 0.05) is 29.3 Å². The minimum atomic E-state index is -0.0920. The van der Waals surface area contributed by atoms with E-state index >= 15 is 0 Å². The van der Waals surface area contributed by atoms with Gasteiger partial charge in [-0.2, -0.15) is 4.98 Å². The molecule has 3 aromatic rings. The third-order valence-corrected chi connectivity index (χ3v) is 5.41. The number of carbonyl (C=O) groups is 1. The van der Waals surface area contributed by atoms with Crippen molar-refractivity contribution in [3.63, 3.8) is 0 Å². The molecule has 0 unspecified atom stereocenters. The predicted molar refractivity (Wildman–Crippen MR) is 106 cm³/mol. The van der Waals surface area contributed by atoms with E-state index in [-0.39, 0.29) is 5.91 Å². The zero-order valence-electron chi connectivity index (χ0n) is 15.1. The second-order valence-corrected chi connectivity index (χ2v) is 7.45. The van der Waals surface area contributed by atoms with E-state index in [4.69, 9.17) is 4.52 Å². The number of thioether (sulfide) groups is 1. The normalized spacial score (nSPS) is 13.5. The van der Waals surface area contributed by atoms with Gasteiger partial charge in [-0.3, -0.25) is 4.79 Å². The Hall–Kier alpha value is -2.60. The molecule has 1 aliphatic carbocycles. The molecule has 1 heterocycles. The summed E-state index contributed by atoms with van der Waals surface area (Å²) in [6.07, 6.45) is 4.91. The maximum absolute atomic E-state index is 12.3. The number of aromatic nitrogens is 2. The van der Waals surface area contributed by atoms with Gasteiger partial charge in [-0.15, -0.1) is 11.8 Å². The van der Waals surface area contributed by atoms with Crippen LogP contribution in [0.15, 0.2) is 57.9 Å². The summed E-state index contributed by atoms with van der Waals surface area (Å²) in [6.45, 7) is 0.486. The van der Waals surface area contributed by atoms with Crippen molar-refractivity contribution in [3.8, 4) is 11.1 Å². The number of nitrogens with one attached hydrogen (secondary N) is 1. The molecule has 1 amide bonds. The summed E-state index contributed by atoms with van der Waals surface area (Å²) in [5.41, 5.74) is 2.93. The van der Waals surface area contributed by atoms with Crippen LogP contribution >= 0.6 is 11.8 Å². The van der Waals surface area contributed by atoms with Gasteiger partial charge in [0.1, 0.15) is 0 Å². The van der Waals surface area contributed by atoms with Gasteiger partial charge in [-0.1, -0.05) is 35.5 Å². The molecule has 6 heteroatoms. The van der Waals surface area contributed by atoms with Gasteiger partial charge >= 0.3 is 0 Å². The van der Waals surface area contributed by atoms with Crippen LogP contribution in [0.4, 0.5) is 0 Å². The van der Waals surface area contributed by atoms with Crippen molar-refractivity contribution in [1.82, 2.24) is 15.5 Å². The van der Waals surface area contributed by atoms with E-state index in [1.807, 2.05) is 36.4 Å². The highest BCUT2D eigenvalue weighted by molar-refractivity contribution is 7.98. The van der Waals surface area contributed by atoms with Gasteiger partial charge in [-0.25, -0.2) is 0 Å². The van der Waals surface area contributed by atoms with E-state index in [1.165, 1.54) is 10.5 Å². The average molecular weight is 379 g/mol. The lowest BCUT2D eigenvalue weighted by Crippen LogP contribution is -2.25. The molecule has 1 aliphatic rings. The summed E-state index contributed by atoms with van der Waals surface area (Å²) in [5, 5.41) is 6.89. The van der Waals surface area contributed by atoms with Crippen LogP contribution in [0.2, 0.25) is 0 Å². The summed E-state index contributed by atoms with van der Waals surface area (Å²) in [5.74, 6) is 1.75. The Morgan fingerprint density at radius 3 is 2.70 bits per heavy atom. The molecule has 5 nitrogen and oxygen atoms in total. The minimum Gasteiger partial charge on any atom is -0.352 e. The molecule has 1 fully saturated rings. The number of benzene rings is 2. The first-order valence-corrected chi connectivity index (χ1v) is 10.3. The molecule has 4 rings (SSSR count). The van der Waals surface area contributed by atoms with Crippen LogP contribution in [0, 0.1) is 0 Å². The number of hydrogen-bond donors (Lipinski definition) is 1. The summed E-state index contributed by atoms with van der Waals surface area (Å²) >= 11 is 1.72. The lowest BCUT2D eigenvalue weighted by molar-refractivity contribution is 0.0954. The molecule has 1 aromatic heterocycles. The SMILES string of the molecule is CSc1ccccc1-c1ccc(C(=O)NCCc2noc(C3CC3)n2)cc1. The summed E-state index contributed by atoms with van der Waals surface area (Å²) in [7, 11) is 0. The monoisotopic (exact) mass is 379 g/mol. The van der Waals surface area contributed by atoms with E-state index in [1.54, 1.807) is 11.8 Å². The Bertz CT molecular complexity index is 933. The number of amides is 1. The minimum absolute atomic E-state index is 0.0920. The summed E-state index contributed by atoms with van der Waals surface area (Å²) in [4.78, 5) is 17.9. The first-order chi connectivity index (χ1) is 13.2. The number of hydrogen-bond acceptors (Lipinski definition) is 5. The van der Waals surface area contributed by atoms with E-state index in [9.17, 15) is 4.79 Å². The standard InChI is InChI=1S/C21H21N3O2S/c1-27-18-5-3-2-4-17(18)14-6-8-15(9-7-14)20(25)22-13-12-19-23-21(26-24-19)16-10-11-16/h2-9,16H,10-13H2,1H3,(H,22,25). The lowest BCUT2D eigenvalue weighted by Gasteiger charge is -2.08. The Morgan fingerprint density at radius 2 is 1.96 bits per heavy atom. The van der Waals surface area contributed by atoms with Gasteiger partial charge in [0.05, 0.1) is 0 Å². The van der Waals surface area contributed by atoms with Crippen LogP contribution in [0.1, 0.15) is 40.8 Å². The van der Waals surface area contributed by atoms with Crippen LogP contribution in [-0.2, 0) is 6.42 Å². The predicted octanol–water partition coefficient (Wildman–Crippen LogP) is 4.31. The van der Waals surface area contributed by atoms with Crippen LogP contribution in [0.5, 0.6) is 0 Å². The van der Waals surface area contributed by atoms with Crippen LogP contribution in [0.3, 0.4) is 0 Å². The molecule has 2 aromatic carbocycles. The van der Waals surface area contributed by atoms with Gasteiger partial charge in [0.25, 0.3) is 5.91 Å². The third-order valence-electron chi connectivity index (χ3n) is 4.61. The first-order valence-electron chi connectivity index (χ1n) is 9.09. The molecular formula is C21H21N3O2S. The largest absolute Gasteiger partial charge is 0.352 e. The van der Waals surface area contributed by atoms with Crippen molar-refractivity contribution < 1.29 is 9.32 Å². The van der Waals surface area contributed by atoms with Crippen molar-refractivity contribution in [3.05, 3.63) is 65.8 Å². The number of carbonyl (C=O) groups excluding carboxylic acids is 1. The van der Waals surface area contributed by atoms with Crippen LogP contribution < -0.4 is 5.32 Å². The maximum Gasteiger partial charge on any atom is 0.251 e. The summed E-state index contributed by atoms with van der Waals surface area (Å²) in [6, 6.07) is 16.0. The highest BCUT2D eigenvalue weighted by Crippen LogP contribution is 2.38. The van der Waals surface area contributed by atoms with Crippen LogP contribution in [-0.4, -0.2) is 28.8 Å². The fourth-order valence-corrected chi connectivity index (χ4v) is 3.56. The molecule has 0 spiro atoms. The Kier molecular flexibility index (Phi) is 5.25. The smallest absolute Gasteiger partial charge is 0.251 e. The van der Waals surface area contributed by atoms with E-state index in [0.29, 0.717) is 30.3 Å². The second-order valence-electron chi connectivity index (χ2n) is 6.61. The molecule has 0 radical (unpaired) electrons. The Labute approximate surface area is 162 Å². The van der Waals surface area contributed by atoms with Gasteiger partial charge < -0.3 is 9.84 Å². The lowest BCUT2D eigenvalue weighted by atomic mass is 10.0. The molecule has 0 atom stereocenters.